The molecule has 0 N–H and O–H groups in total. The van der Waals surface area contributed by atoms with Crippen molar-refractivity contribution in [2.45, 2.75) is 56.6 Å². The summed E-state index contributed by atoms with van der Waals surface area (Å²) in [5.41, 5.74) is -0.771. The lowest BCUT2D eigenvalue weighted by Crippen LogP contribution is -2.50. The van der Waals surface area contributed by atoms with Crippen LogP contribution in [0.25, 0.3) is 0 Å². The van der Waals surface area contributed by atoms with Gasteiger partial charge in [-0.2, -0.15) is 0 Å². The number of nitrogens with zero attached hydrogens (tertiary/aromatic N) is 2. The largest absolute Gasteiger partial charge is 0.355 e. The van der Waals surface area contributed by atoms with Crippen molar-refractivity contribution in [3.05, 3.63) is 0 Å². The van der Waals surface area contributed by atoms with Gasteiger partial charge in [-0.1, -0.05) is 0 Å². The molecule has 0 aromatic heterocycles. The molecule has 5 nitrogen and oxygen atoms in total. The molecule has 0 spiro atoms. The molecule has 0 aromatic carbocycles. The van der Waals surface area contributed by atoms with E-state index in [-0.39, 0.29) is 10.9 Å². The van der Waals surface area contributed by atoms with Gasteiger partial charge < -0.3 is 4.74 Å². The first-order chi connectivity index (χ1) is 8.41. The minimum absolute atomic E-state index is 0.291. The quantitative estimate of drug-likeness (QED) is 0.737. The second-order valence-electron chi connectivity index (χ2n) is 6.75. The summed E-state index contributed by atoms with van der Waals surface area (Å²) in [5.74, 6) is 0. The third-order valence-electron chi connectivity index (χ3n) is 3.64. The highest BCUT2D eigenvalue weighted by molar-refractivity contribution is 7.89. The van der Waals surface area contributed by atoms with E-state index >= 15 is 0 Å². The van der Waals surface area contributed by atoms with Crippen molar-refractivity contribution >= 4 is 10.0 Å². The predicted octanol–water partition coefficient (Wildman–Crippen LogP) is 1.50. The van der Waals surface area contributed by atoms with E-state index in [4.69, 9.17) is 4.74 Å². The standard InChI is InChI=1S/C13H28N2O3S/c1-12(2,3)18-13(14(4)5)9-8-11(10-13)19(16,17)15(6)7/h11H,8-10H2,1-7H3. The molecule has 1 saturated carbocycles. The average Bonchev–Trinajstić information content (AvgIpc) is 2.60. The fourth-order valence-corrected chi connectivity index (χ4v) is 4.14. The summed E-state index contributed by atoms with van der Waals surface area (Å²) in [6, 6.07) is 0. The van der Waals surface area contributed by atoms with Crippen LogP contribution in [0.4, 0.5) is 0 Å². The molecule has 1 fully saturated rings. The van der Waals surface area contributed by atoms with E-state index in [0.29, 0.717) is 12.8 Å². The molecule has 0 heterocycles. The summed E-state index contributed by atoms with van der Waals surface area (Å²) in [4.78, 5) is 2.02. The summed E-state index contributed by atoms with van der Waals surface area (Å²) in [7, 11) is 3.89. The van der Waals surface area contributed by atoms with Crippen LogP contribution in [-0.4, -0.2) is 62.4 Å². The molecule has 1 aliphatic rings. The van der Waals surface area contributed by atoms with Gasteiger partial charge in [0.25, 0.3) is 0 Å². The monoisotopic (exact) mass is 292 g/mol. The van der Waals surface area contributed by atoms with Crippen LogP contribution in [0, 0.1) is 0 Å². The summed E-state index contributed by atoms with van der Waals surface area (Å²) in [5, 5.41) is -0.354. The Kier molecular flexibility index (Phi) is 4.72. The maximum absolute atomic E-state index is 12.3. The van der Waals surface area contributed by atoms with Crippen molar-refractivity contribution in [1.29, 1.82) is 0 Å². The van der Waals surface area contributed by atoms with Crippen molar-refractivity contribution in [3.8, 4) is 0 Å². The van der Waals surface area contributed by atoms with Crippen LogP contribution in [-0.2, 0) is 14.8 Å². The molecule has 19 heavy (non-hydrogen) atoms. The Balaban J connectivity index is 2.97. The fourth-order valence-electron chi connectivity index (χ4n) is 2.66. The van der Waals surface area contributed by atoms with Crippen molar-refractivity contribution in [2.75, 3.05) is 28.2 Å². The molecule has 0 aliphatic heterocycles. The van der Waals surface area contributed by atoms with Gasteiger partial charge >= 0.3 is 0 Å². The van der Waals surface area contributed by atoms with Crippen molar-refractivity contribution in [1.82, 2.24) is 9.21 Å². The molecule has 0 bridgehead atoms. The Labute approximate surface area is 118 Å². The van der Waals surface area contributed by atoms with E-state index in [0.717, 1.165) is 6.42 Å². The average molecular weight is 292 g/mol. The zero-order valence-corrected chi connectivity index (χ0v) is 14.0. The van der Waals surface area contributed by atoms with E-state index in [1.54, 1.807) is 14.1 Å². The van der Waals surface area contributed by atoms with Crippen molar-refractivity contribution in [2.24, 2.45) is 0 Å². The van der Waals surface area contributed by atoms with E-state index in [2.05, 4.69) is 0 Å². The van der Waals surface area contributed by atoms with Gasteiger partial charge in [0.1, 0.15) is 5.72 Å². The minimum atomic E-state index is -3.21. The van der Waals surface area contributed by atoms with Gasteiger partial charge in [0.2, 0.25) is 10.0 Å². The van der Waals surface area contributed by atoms with Crippen LogP contribution in [0.15, 0.2) is 0 Å². The zero-order chi connectivity index (χ0) is 15.1. The lowest BCUT2D eigenvalue weighted by molar-refractivity contribution is -0.195. The molecule has 114 valence electrons. The van der Waals surface area contributed by atoms with E-state index in [9.17, 15) is 8.42 Å². The van der Waals surface area contributed by atoms with Crippen LogP contribution in [0.1, 0.15) is 40.0 Å². The number of hydrogen-bond donors (Lipinski definition) is 0. The highest BCUT2D eigenvalue weighted by Crippen LogP contribution is 2.41. The number of hydrogen-bond acceptors (Lipinski definition) is 4. The molecular formula is C13H28N2O3S. The number of ether oxygens (including phenoxy) is 1. The topological polar surface area (TPSA) is 49.9 Å². The second-order valence-corrected chi connectivity index (χ2v) is 9.17. The molecule has 0 aromatic rings. The molecular weight excluding hydrogens is 264 g/mol. The van der Waals surface area contributed by atoms with Crippen LogP contribution in [0.3, 0.4) is 0 Å². The summed E-state index contributed by atoms with van der Waals surface area (Å²) in [6.07, 6.45) is 1.92. The summed E-state index contributed by atoms with van der Waals surface area (Å²) in [6.45, 7) is 6.02. The summed E-state index contributed by atoms with van der Waals surface area (Å²) >= 11 is 0. The van der Waals surface area contributed by atoms with Gasteiger partial charge in [-0.05, 0) is 47.7 Å². The first-order valence-electron chi connectivity index (χ1n) is 6.70. The molecule has 0 amide bonds. The van der Waals surface area contributed by atoms with Crippen LogP contribution in [0.2, 0.25) is 0 Å². The van der Waals surface area contributed by atoms with Crippen molar-refractivity contribution < 1.29 is 13.2 Å². The van der Waals surface area contributed by atoms with Crippen LogP contribution in [0.5, 0.6) is 0 Å². The number of sulfonamides is 1. The van der Waals surface area contributed by atoms with E-state index in [1.165, 1.54) is 4.31 Å². The lowest BCUT2D eigenvalue weighted by atomic mass is 10.1. The Morgan fingerprint density at radius 1 is 1.16 bits per heavy atom. The van der Waals surface area contributed by atoms with Crippen LogP contribution >= 0.6 is 0 Å². The first-order valence-corrected chi connectivity index (χ1v) is 8.20. The molecule has 0 radical (unpaired) electrons. The second kappa shape index (κ2) is 5.31. The van der Waals surface area contributed by atoms with Gasteiger partial charge in [0, 0.05) is 20.5 Å². The smallest absolute Gasteiger partial charge is 0.216 e. The van der Waals surface area contributed by atoms with E-state index in [1.807, 2.05) is 39.8 Å². The minimum Gasteiger partial charge on any atom is -0.355 e. The summed E-state index contributed by atoms with van der Waals surface area (Å²) < 4.78 is 32.0. The molecule has 1 aliphatic carbocycles. The molecule has 2 unspecified atom stereocenters. The van der Waals surface area contributed by atoms with Gasteiger partial charge in [0.15, 0.2) is 0 Å². The van der Waals surface area contributed by atoms with Gasteiger partial charge in [-0.15, -0.1) is 0 Å². The van der Waals surface area contributed by atoms with Gasteiger partial charge in [-0.25, -0.2) is 12.7 Å². The molecule has 1 rings (SSSR count). The Morgan fingerprint density at radius 3 is 2.05 bits per heavy atom. The Hall–Kier alpha value is -0.170. The first kappa shape index (κ1) is 16.9. The van der Waals surface area contributed by atoms with Gasteiger partial charge in [0.05, 0.1) is 10.9 Å². The third kappa shape index (κ3) is 3.68. The van der Waals surface area contributed by atoms with Crippen molar-refractivity contribution in [3.63, 3.8) is 0 Å². The molecule has 2 atom stereocenters. The SMILES string of the molecule is CN(C)C1(OC(C)(C)C)CCC(S(=O)(=O)N(C)C)C1. The zero-order valence-electron chi connectivity index (χ0n) is 13.2. The van der Waals surface area contributed by atoms with Crippen LogP contribution < -0.4 is 0 Å². The number of rotatable bonds is 4. The fraction of sp³-hybridized carbons (Fsp3) is 1.00. The normalized spacial score (nSPS) is 29.4. The lowest BCUT2D eigenvalue weighted by Gasteiger charge is -2.41. The maximum Gasteiger partial charge on any atom is 0.216 e. The Bertz CT molecular complexity index is 412. The van der Waals surface area contributed by atoms with E-state index < -0.39 is 15.7 Å². The Morgan fingerprint density at radius 2 is 1.68 bits per heavy atom. The molecule has 6 heteroatoms. The highest BCUT2D eigenvalue weighted by atomic mass is 32.2. The highest BCUT2D eigenvalue weighted by Gasteiger charge is 2.49. The molecule has 0 saturated heterocycles. The third-order valence-corrected chi connectivity index (χ3v) is 5.91. The van der Waals surface area contributed by atoms with Gasteiger partial charge in [-0.3, -0.25) is 4.90 Å². The predicted molar refractivity (Wildman–Crippen MR) is 77.5 cm³/mol. The maximum atomic E-state index is 12.3.